The number of ketones is 1. The summed E-state index contributed by atoms with van der Waals surface area (Å²) in [7, 11) is 1.57. The minimum atomic E-state index is -1.06. The van der Waals surface area contributed by atoms with Crippen LogP contribution in [0.5, 0.6) is 0 Å². The quantitative estimate of drug-likeness (QED) is 0.766. The van der Waals surface area contributed by atoms with Crippen molar-refractivity contribution in [1.29, 1.82) is 0 Å². The van der Waals surface area contributed by atoms with Crippen LogP contribution in [0, 0.1) is 5.82 Å². The maximum Gasteiger partial charge on any atom is 0.288 e. The Morgan fingerprint density at radius 2 is 2.07 bits per heavy atom. The van der Waals surface area contributed by atoms with Crippen molar-refractivity contribution in [1.82, 2.24) is 9.88 Å². The molecule has 0 bridgehead atoms. The van der Waals surface area contributed by atoms with E-state index in [0.29, 0.717) is 10.6 Å². The molecule has 6 nitrogen and oxygen atoms in total. The predicted octanol–water partition coefficient (Wildman–Crippen LogP) is 3.00. The molecule has 2 heterocycles. The molecule has 2 N–H and O–H groups in total. The van der Waals surface area contributed by atoms with Crippen molar-refractivity contribution in [2.24, 2.45) is 10.7 Å². The average molecular weight is 423 g/mol. The molecule has 1 aliphatic rings. The Bertz CT molecular complexity index is 1010. The van der Waals surface area contributed by atoms with Crippen LogP contribution in [0.3, 0.4) is 0 Å². The van der Waals surface area contributed by atoms with Gasteiger partial charge in [-0.15, -0.1) is 0 Å². The molecule has 1 aromatic heterocycles. The van der Waals surface area contributed by atoms with Crippen LogP contribution in [0.15, 0.2) is 35.5 Å². The smallest absolute Gasteiger partial charge is 0.288 e. The summed E-state index contributed by atoms with van der Waals surface area (Å²) in [4.78, 5) is 34.0. The van der Waals surface area contributed by atoms with Gasteiger partial charge in [0.1, 0.15) is 17.1 Å². The van der Waals surface area contributed by atoms with E-state index < -0.39 is 17.3 Å². The lowest BCUT2D eigenvalue weighted by molar-refractivity contribution is -0.124. The number of amidine groups is 1. The monoisotopic (exact) mass is 422 g/mol. The van der Waals surface area contributed by atoms with Crippen molar-refractivity contribution in [2.45, 2.75) is 18.9 Å². The molecule has 9 heteroatoms. The van der Waals surface area contributed by atoms with Crippen molar-refractivity contribution in [2.75, 3.05) is 13.6 Å². The number of amides is 1. The molecule has 0 radical (unpaired) electrons. The van der Waals surface area contributed by atoms with Crippen LogP contribution in [0.1, 0.15) is 28.5 Å². The van der Waals surface area contributed by atoms with Crippen LogP contribution < -0.4 is 5.73 Å². The van der Waals surface area contributed by atoms with Crippen LogP contribution in [-0.4, -0.2) is 41.0 Å². The molecule has 0 saturated heterocycles. The van der Waals surface area contributed by atoms with E-state index in [9.17, 15) is 14.0 Å². The van der Waals surface area contributed by atoms with Gasteiger partial charge in [-0.1, -0.05) is 29.3 Å². The zero-order chi connectivity index (χ0) is 20.6. The summed E-state index contributed by atoms with van der Waals surface area (Å²) in [5.74, 6) is -1.43. The minimum absolute atomic E-state index is 0.0360. The molecule has 28 heavy (non-hydrogen) atoms. The summed E-state index contributed by atoms with van der Waals surface area (Å²) < 4.78 is 14.6. The molecule has 0 aliphatic carbocycles. The van der Waals surface area contributed by atoms with Crippen molar-refractivity contribution >= 4 is 40.7 Å². The Balaban J connectivity index is 1.94. The number of aliphatic imine (C=N–C) groups is 1. The van der Waals surface area contributed by atoms with E-state index in [1.165, 1.54) is 29.3 Å². The number of aromatic nitrogens is 1. The van der Waals surface area contributed by atoms with Gasteiger partial charge in [0.15, 0.2) is 11.6 Å². The number of nitrogens with zero attached hydrogens (tertiary/aromatic N) is 3. The van der Waals surface area contributed by atoms with Gasteiger partial charge in [0, 0.05) is 25.2 Å². The van der Waals surface area contributed by atoms with Gasteiger partial charge >= 0.3 is 0 Å². The third kappa shape index (κ3) is 3.86. The molecule has 1 unspecified atom stereocenters. The summed E-state index contributed by atoms with van der Waals surface area (Å²) >= 11 is 11.8. The van der Waals surface area contributed by atoms with E-state index in [4.69, 9.17) is 28.9 Å². The Morgan fingerprint density at radius 3 is 2.71 bits per heavy atom. The van der Waals surface area contributed by atoms with Crippen molar-refractivity contribution < 1.29 is 14.0 Å². The maximum atomic E-state index is 14.6. The fourth-order valence-electron chi connectivity index (χ4n) is 3.21. The second-order valence-corrected chi connectivity index (χ2v) is 7.67. The normalized spacial score (nSPS) is 19.5. The second kappa shape index (κ2) is 7.48. The predicted molar refractivity (Wildman–Crippen MR) is 105 cm³/mol. The van der Waals surface area contributed by atoms with Gasteiger partial charge in [0.2, 0.25) is 0 Å². The fourth-order valence-corrected chi connectivity index (χ4v) is 3.69. The van der Waals surface area contributed by atoms with E-state index in [0.717, 1.165) is 0 Å². The van der Waals surface area contributed by atoms with Gasteiger partial charge in [-0.05, 0) is 30.7 Å². The van der Waals surface area contributed by atoms with Crippen LogP contribution in [0.2, 0.25) is 10.0 Å². The van der Waals surface area contributed by atoms with Crippen molar-refractivity contribution in [3.05, 3.63) is 63.1 Å². The standard InChI is InChI=1S/C19H17Cl2FN4O2/c1-19(9-26(2)18(28)17(23)25-19)12-5-10(3-4-14(12)22)6-15(27)16-13(21)7-11(20)8-24-16/h3-5,7-8H,6,9H2,1-2H3,(H2,23,25). The largest absolute Gasteiger partial charge is 0.379 e. The van der Waals surface area contributed by atoms with Gasteiger partial charge in [-0.25, -0.2) is 9.37 Å². The molecule has 1 amide bonds. The molecule has 0 spiro atoms. The van der Waals surface area contributed by atoms with Crippen molar-refractivity contribution in [3.63, 3.8) is 0 Å². The molecule has 0 fully saturated rings. The van der Waals surface area contributed by atoms with Gasteiger partial charge in [-0.3, -0.25) is 14.6 Å². The Labute approximate surface area is 171 Å². The van der Waals surface area contributed by atoms with Gasteiger partial charge in [-0.2, -0.15) is 0 Å². The van der Waals surface area contributed by atoms with Gasteiger partial charge in [0.25, 0.3) is 5.91 Å². The first-order chi connectivity index (χ1) is 13.1. The summed E-state index contributed by atoms with van der Waals surface area (Å²) in [6.45, 7) is 1.84. The van der Waals surface area contributed by atoms with Crippen LogP contribution in [0.4, 0.5) is 4.39 Å². The number of carbonyl (C=O) groups is 2. The summed E-state index contributed by atoms with van der Waals surface area (Å²) in [6.07, 6.45) is 1.30. The zero-order valence-corrected chi connectivity index (χ0v) is 16.7. The lowest BCUT2D eigenvalue weighted by Crippen LogP contribution is -2.50. The number of likely N-dealkylation sites (N-methyl/N-ethyl adjacent to an activating group) is 1. The Morgan fingerprint density at radius 1 is 1.36 bits per heavy atom. The highest BCUT2D eigenvalue weighted by molar-refractivity contribution is 6.37. The minimum Gasteiger partial charge on any atom is -0.379 e. The van der Waals surface area contributed by atoms with Crippen LogP contribution in [0.25, 0.3) is 0 Å². The molecule has 146 valence electrons. The number of hydrogen-bond donors (Lipinski definition) is 1. The Hall–Kier alpha value is -2.51. The van der Waals surface area contributed by atoms with Crippen LogP contribution >= 0.6 is 23.2 Å². The number of benzene rings is 1. The average Bonchev–Trinajstić information content (AvgIpc) is 2.61. The van der Waals surface area contributed by atoms with Crippen molar-refractivity contribution in [3.8, 4) is 0 Å². The summed E-state index contributed by atoms with van der Waals surface area (Å²) in [5, 5.41) is 0.474. The first-order valence-corrected chi connectivity index (χ1v) is 9.10. The van der Waals surface area contributed by atoms with E-state index in [2.05, 4.69) is 9.98 Å². The molecule has 0 saturated carbocycles. The highest BCUT2D eigenvalue weighted by Gasteiger charge is 2.37. The number of Topliss-reactive ketones (excluding diaryl/α,β-unsaturated/α-hetero) is 1. The zero-order valence-electron chi connectivity index (χ0n) is 15.2. The first-order valence-electron chi connectivity index (χ1n) is 8.34. The van der Waals surface area contributed by atoms with E-state index in [1.807, 2.05) is 0 Å². The number of rotatable bonds is 4. The van der Waals surface area contributed by atoms with Crippen LogP contribution in [-0.2, 0) is 16.8 Å². The molecular formula is C19H17Cl2FN4O2. The third-order valence-electron chi connectivity index (χ3n) is 4.53. The summed E-state index contributed by atoms with van der Waals surface area (Å²) in [5.41, 5.74) is 5.54. The van der Waals surface area contributed by atoms with Gasteiger partial charge < -0.3 is 10.6 Å². The lowest BCUT2D eigenvalue weighted by atomic mass is 9.88. The SMILES string of the molecule is CN1CC(C)(c2cc(CC(=O)c3ncc(Cl)cc3Cl)ccc2F)N=C(N)C1=O. The fraction of sp³-hybridized carbons (Fsp3) is 0.263. The number of halogens is 3. The number of nitrogens with two attached hydrogens (primary N) is 1. The number of pyridine rings is 1. The molecule has 1 atom stereocenters. The topological polar surface area (TPSA) is 88.7 Å². The molecular weight excluding hydrogens is 406 g/mol. The summed E-state index contributed by atoms with van der Waals surface area (Å²) in [6, 6.07) is 5.77. The molecule has 1 aliphatic heterocycles. The molecule has 1 aromatic carbocycles. The Kier molecular flexibility index (Phi) is 5.41. The second-order valence-electron chi connectivity index (χ2n) is 6.83. The highest BCUT2D eigenvalue weighted by Crippen LogP contribution is 2.32. The van der Waals surface area contributed by atoms with E-state index in [-0.39, 0.29) is 40.9 Å². The maximum absolute atomic E-state index is 14.6. The highest BCUT2D eigenvalue weighted by atomic mass is 35.5. The van der Waals surface area contributed by atoms with Gasteiger partial charge in [0.05, 0.1) is 16.6 Å². The lowest BCUT2D eigenvalue weighted by Gasteiger charge is -2.35. The molecule has 2 aromatic rings. The van der Waals surface area contributed by atoms with E-state index >= 15 is 0 Å². The number of hydrogen-bond acceptors (Lipinski definition) is 5. The van der Waals surface area contributed by atoms with E-state index in [1.54, 1.807) is 20.0 Å². The number of carbonyl (C=O) groups excluding carboxylic acids is 2. The first kappa shape index (κ1) is 20.2. The third-order valence-corrected chi connectivity index (χ3v) is 5.02. The molecule has 3 rings (SSSR count).